The van der Waals surface area contributed by atoms with Crippen LogP contribution in [0.1, 0.15) is 17.3 Å². The molecule has 1 unspecified atom stereocenters. The van der Waals surface area contributed by atoms with Crippen molar-refractivity contribution in [1.29, 1.82) is 0 Å². The predicted octanol–water partition coefficient (Wildman–Crippen LogP) is 2.47. The van der Waals surface area contributed by atoms with E-state index in [1.165, 1.54) is 0 Å². The summed E-state index contributed by atoms with van der Waals surface area (Å²) in [7, 11) is 3.20. The lowest BCUT2D eigenvalue weighted by molar-refractivity contribution is 0.0931. The molecule has 1 aromatic carbocycles. The molecular formula is C13H18BrNO3. The maximum Gasteiger partial charge on any atom is 0.255 e. The van der Waals surface area contributed by atoms with Gasteiger partial charge in [0.15, 0.2) is 0 Å². The van der Waals surface area contributed by atoms with E-state index in [1.807, 2.05) is 13.0 Å². The summed E-state index contributed by atoms with van der Waals surface area (Å²) in [6.07, 6.45) is 0. The van der Waals surface area contributed by atoms with Crippen LogP contribution in [0.2, 0.25) is 0 Å². The van der Waals surface area contributed by atoms with Crippen LogP contribution >= 0.6 is 15.9 Å². The van der Waals surface area contributed by atoms with Gasteiger partial charge in [0.1, 0.15) is 5.75 Å². The van der Waals surface area contributed by atoms with E-state index in [9.17, 15) is 4.79 Å². The van der Waals surface area contributed by atoms with Crippen molar-refractivity contribution >= 4 is 21.8 Å². The largest absolute Gasteiger partial charge is 0.496 e. The lowest BCUT2D eigenvalue weighted by atomic mass is 10.1. The molecule has 0 aliphatic rings. The van der Waals surface area contributed by atoms with E-state index in [2.05, 4.69) is 21.2 Å². The molecule has 1 N–H and O–H groups in total. The Morgan fingerprint density at radius 2 is 2.17 bits per heavy atom. The first kappa shape index (κ1) is 15.0. The van der Waals surface area contributed by atoms with Crippen LogP contribution in [0.25, 0.3) is 0 Å². The number of nitrogens with one attached hydrogen (secondary N) is 1. The zero-order chi connectivity index (χ0) is 13.5. The summed E-state index contributed by atoms with van der Waals surface area (Å²) in [5.41, 5.74) is 0.533. The van der Waals surface area contributed by atoms with E-state index in [0.717, 1.165) is 4.47 Å². The molecule has 18 heavy (non-hydrogen) atoms. The molecule has 1 atom stereocenters. The van der Waals surface area contributed by atoms with Gasteiger partial charge in [0.05, 0.1) is 19.3 Å². The van der Waals surface area contributed by atoms with Crippen LogP contribution in [0.3, 0.4) is 0 Å². The van der Waals surface area contributed by atoms with Gasteiger partial charge in [-0.05, 0) is 24.1 Å². The number of benzene rings is 1. The highest BCUT2D eigenvalue weighted by Gasteiger charge is 2.13. The van der Waals surface area contributed by atoms with Gasteiger partial charge in [-0.1, -0.05) is 22.9 Å². The highest BCUT2D eigenvalue weighted by Crippen LogP contribution is 2.23. The minimum Gasteiger partial charge on any atom is -0.496 e. The number of halogens is 1. The van der Waals surface area contributed by atoms with Crippen LogP contribution in [0.4, 0.5) is 0 Å². The smallest absolute Gasteiger partial charge is 0.255 e. The molecule has 0 spiro atoms. The Labute approximate surface area is 116 Å². The topological polar surface area (TPSA) is 47.6 Å². The zero-order valence-electron chi connectivity index (χ0n) is 10.8. The summed E-state index contributed by atoms with van der Waals surface area (Å²) in [5, 5.41) is 2.86. The van der Waals surface area contributed by atoms with Gasteiger partial charge in [-0.2, -0.15) is 0 Å². The van der Waals surface area contributed by atoms with Crippen LogP contribution in [0.5, 0.6) is 5.75 Å². The zero-order valence-corrected chi connectivity index (χ0v) is 12.4. The maximum atomic E-state index is 12.0. The fourth-order valence-corrected chi connectivity index (χ4v) is 1.90. The Morgan fingerprint density at radius 3 is 2.78 bits per heavy atom. The second-order valence-electron chi connectivity index (χ2n) is 4.12. The molecule has 4 nitrogen and oxygen atoms in total. The second kappa shape index (κ2) is 7.38. The molecule has 1 rings (SSSR count). The number of rotatable bonds is 6. The summed E-state index contributed by atoms with van der Waals surface area (Å²) >= 11 is 3.34. The Morgan fingerprint density at radius 1 is 1.44 bits per heavy atom. The van der Waals surface area contributed by atoms with Gasteiger partial charge < -0.3 is 14.8 Å². The second-order valence-corrected chi connectivity index (χ2v) is 5.03. The van der Waals surface area contributed by atoms with Gasteiger partial charge in [0, 0.05) is 18.1 Å². The average molecular weight is 316 g/mol. The minimum atomic E-state index is -0.137. The van der Waals surface area contributed by atoms with E-state index in [4.69, 9.17) is 9.47 Å². The molecule has 0 aliphatic heterocycles. The van der Waals surface area contributed by atoms with E-state index < -0.39 is 0 Å². The van der Waals surface area contributed by atoms with E-state index in [0.29, 0.717) is 24.5 Å². The van der Waals surface area contributed by atoms with Gasteiger partial charge >= 0.3 is 0 Å². The SMILES string of the molecule is COCC(C)CNC(=O)c1ccc(Br)cc1OC. The van der Waals surface area contributed by atoms with E-state index >= 15 is 0 Å². The summed E-state index contributed by atoms with van der Waals surface area (Å²) in [5.74, 6) is 0.698. The number of carbonyl (C=O) groups is 1. The third kappa shape index (κ3) is 4.31. The van der Waals surface area contributed by atoms with Crippen LogP contribution in [-0.4, -0.2) is 33.3 Å². The highest BCUT2D eigenvalue weighted by atomic mass is 79.9. The molecule has 0 saturated heterocycles. The monoisotopic (exact) mass is 315 g/mol. The van der Waals surface area contributed by atoms with Crippen molar-refractivity contribution in [2.24, 2.45) is 5.92 Å². The molecule has 100 valence electrons. The summed E-state index contributed by atoms with van der Waals surface area (Å²) in [4.78, 5) is 12.0. The highest BCUT2D eigenvalue weighted by molar-refractivity contribution is 9.10. The van der Waals surface area contributed by atoms with Gasteiger partial charge in [-0.3, -0.25) is 4.79 Å². The first-order valence-corrected chi connectivity index (χ1v) is 6.48. The Bertz CT molecular complexity index is 409. The molecule has 0 heterocycles. The third-order valence-electron chi connectivity index (χ3n) is 2.47. The number of ether oxygens (including phenoxy) is 2. The minimum absolute atomic E-state index is 0.137. The molecule has 1 aromatic rings. The normalized spacial score (nSPS) is 12.0. The Kier molecular flexibility index (Phi) is 6.15. The molecule has 0 radical (unpaired) electrons. The van der Waals surface area contributed by atoms with Gasteiger partial charge in [0.2, 0.25) is 0 Å². The average Bonchev–Trinajstić information content (AvgIpc) is 2.36. The number of amides is 1. The van der Waals surface area contributed by atoms with Crippen molar-refractivity contribution in [2.45, 2.75) is 6.92 Å². The van der Waals surface area contributed by atoms with Gasteiger partial charge in [-0.15, -0.1) is 0 Å². The predicted molar refractivity (Wildman–Crippen MR) is 74.1 cm³/mol. The fraction of sp³-hybridized carbons (Fsp3) is 0.462. The molecular weight excluding hydrogens is 298 g/mol. The Hall–Kier alpha value is -1.07. The van der Waals surface area contributed by atoms with Crippen molar-refractivity contribution < 1.29 is 14.3 Å². The molecule has 0 bridgehead atoms. The van der Waals surface area contributed by atoms with Crippen LogP contribution in [0.15, 0.2) is 22.7 Å². The summed E-state index contributed by atoms with van der Waals surface area (Å²) in [6, 6.07) is 5.32. The standard InChI is InChI=1S/C13H18BrNO3/c1-9(8-17-2)7-15-13(16)11-5-4-10(14)6-12(11)18-3/h4-6,9H,7-8H2,1-3H3,(H,15,16). The lowest BCUT2D eigenvalue weighted by Gasteiger charge is -2.13. The lowest BCUT2D eigenvalue weighted by Crippen LogP contribution is -2.30. The molecule has 1 amide bonds. The van der Waals surface area contributed by atoms with Crippen LogP contribution in [-0.2, 0) is 4.74 Å². The summed E-state index contributed by atoms with van der Waals surface area (Å²) in [6.45, 7) is 3.21. The number of carbonyl (C=O) groups excluding carboxylic acids is 1. The number of hydrogen-bond acceptors (Lipinski definition) is 3. The third-order valence-corrected chi connectivity index (χ3v) is 2.96. The van der Waals surface area contributed by atoms with Gasteiger partial charge in [0.25, 0.3) is 5.91 Å². The molecule has 0 saturated carbocycles. The van der Waals surface area contributed by atoms with E-state index in [1.54, 1.807) is 26.4 Å². The number of hydrogen-bond donors (Lipinski definition) is 1. The molecule has 0 fully saturated rings. The van der Waals surface area contributed by atoms with Crippen molar-refractivity contribution in [1.82, 2.24) is 5.32 Å². The fourth-order valence-electron chi connectivity index (χ4n) is 1.56. The van der Waals surface area contributed by atoms with E-state index in [-0.39, 0.29) is 11.8 Å². The molecule has 0 aromatic heterocycles. The Balaban J connectivity index is 2.66. The molecule has 5 heteroatoms. The quantitative estimate of drug-likeness (QED) is 0.877. The number of methoxy groups -OCH3 is 2. The van der Waals surface area contributed by atoms with Crippen molar-refractivity contribution in [3.05, 3.63) is 28.2 Å². The first-order chi connectivity index (χ1) is 8.58. The molecule has 0 aliphatic carbocycles. The van der Waals surface area contributed by atoms with Crippen LogP contribution < -0.4 is 10.1 Å². The maximum absolute atomic E-state index is 12.0. The summed E-state index contributed by atoms with van der Waals surface area (Å²) < 4.78 is 11.1. The first-order valence-electron chi connectivity index (χ1n) is 5.69. The van der Waals surface area contributed by atoms with Crippen LogP contribution in [0, 0.1) is 5.92 Å². The van der Waals surface area contributed by atoms with Crippen molar-refractivity contribution in [3.8, 4) is 5.75 Å². The van der Waals surface area contributed by atoms with Crippen molar-refractivity contribution in [3.63, 3.8) is 0 Å². The van der Waals surface area contributed by atoms with Gasteiger partial charge in [-0.25, -0.2) is 0 Å². The van der Waals surface area contributed by atoms with Crippen molar-refractivity contribution in [2.75, 3.05) is 27.4 Å².